The molecule has 20 heavy (non-hydrogen) atoms. The van der Waals surface area contributed by atoms with Gasteiger partial charge in [-0.15, -0.1) is 0 Å². The summed E-state index contributed by atoms with van der Waals surface area (Å²) in [6.45, 7) is 3.15. The van der Waals surface area contributed by atoms with Gasteiger partial charge in [-0.05, 0) is 31.7 Å². The van der Waals surface area contributed by atoms with Gasteiger partial charge in [0, 0.05) is 35.1 Å². The molecule has 106 valence electrons. The molecule has 2 amide bonds. The Balaban J connectivity index is 2.38. The average Bonchev–Trinajstić information content (AvgIpc) is 2.43. The number of aromatic nitrogens is 1. The number of nitrogens with zero attached hydrogens (tertiary/aromatic N) is 1. The van der Waals surface area contributed by atoms with Gasteiger partial charge in [0.1, 0.15) is 5.82 Å². The van der Waals surface area contributed by atoms with Crippen molar-refractivity contribution in [3.05, 3.63) is 35.0 Å². The Morgan fingerprint density at radius 1 is 1.35 bits per heavy atom. The number of pyridine rings is 1. The zero-order chi connectivity index (χ0) is 14.5. The molecule has 2 aromatic rings. The molecule has 1 heterocycles. The minimum absolute atomic E-state index is 0.276. The van der Waals surface area contributed by atoms with Crippen LogP contribution in [-0.4, -0.2) is 24.6 Å². The van der Waals surface area contributed by atoms with Crippen LogP contribution in [0, 0.1) is 0 Å². The number of anilines is 1. The molecule has 0 saturated carbocycles. The zero-order valence-electron chi connectivity index (χ0n) is 11.5. The molecule has 5 nitrogen and oxygen atoms in total. The average molecular weight is 293 g/mol. The SMILES string of the molecule is CCNC(=O)Nc1cc2c(Cl)ccc(CNC)c2cn1. The maximum absolute atomic E-state index is 11.5. The molecule has 2 rings (SSSR count). The largest absolute Gasteiger partial charge is 0.338 e. The van der Waals surface area contributed by atoms with E-state index < -0.39 is 0 Å². The van der Waals surface area contributed by atoms with Crippen molar-refractivity contribution in [2.75, 3.05) is 18.9 Å². The minimum atomic E-state index is -0.276. The predicted molar refractivity (Wildman–Crippen MR) is 82.2 cm³/mol. The second-order valence-electron chi connectivity index (χ2n) is 4.34. The third-order valence-electron chi connectivity index (χ3n) is 2.88. The van der Waals surface area contributed by atoms with Crippen molar-refractivity contribution in [3.63, 3.8) is 0 Å². The summed E-state index contributed by atoms with van der Waals surface area (Å²) < 4.78 is 0. The van der Waals surface area contributed by atoms with Gasteiger partial charge in [0.15, 0.2) is 0 Å². The Labute approximate surface area is 122 Å². The van der Waals surface area contributed by atoms with E-state index in [1.165, 1.54) is 0 Å². The first-order chi connectivity index (χ1) is 9.65. The molecule has 0 aliphatic rings. The lowest BCUT2D eigenvalue weighted by Gasteiger charge is -2.10. The second kappa shape index (κ2) is 6.54. The maximum atomic E-state index is 11.5. The number of hydrogen-bond donors (Lipinski definition) is 3. The lowest BCUT2D eigenvalue weighted by atomic mass is 10.1. The standard InChI is InChI=1S/C14H17ClN4O/c1-3-17-14(20)19-13-6-10-11(8-18-13)9(7-16-2)4-5-12(10)15/h4-6,8,16H,3,7H2,1-2H3,(H2,17,18,19,20). The lowest BCUT2D eigenvalue weighted by molar-refractivity contribution is 0.252. The molecule has 0 fully saturated rings. The van der Waals surface area contributed by atoms with Gasteiger partial charge in [-0.25, -0.2) is 9.78 Å². The van der Waals surface area contributed by atoms with Gasteiger partial charge in [0.25, 0.3) is 0 Å². The van der Waals surface area contributed by atoms with Crippen LogP contribution in [0.3, 0.4) is 0 Å². The van der Waals surface area contributed by atoms with Crippen LogP contribution >= 0.6 is 11.6 Å². The Morgan fingerprint density at radius 3 is 2.85 bits per heavy atom. The quantitative estimate of drug-likeness (QED) is 0.812. The number of rotatable bonds is 4. The zero-order valence-corrected chi connectivity index (χ0v) is 12.2. The summed E-state index contributed by atoms with van der Waals surface area (Å²) in [4.78, 5) is 15.8. The van der Waals surface area contributed by atoms with Gasteiger partial charge < -0.3 is 10.6 Å². The molecule has 0 aliphatic heterocycles. The molecule has 0 spiro atoms. The number of nitrogens with one attached hydrogen (secondary N) is 3. The molecule has 6 heteroatoms. The predicted octanol–water partition coefficient (Wildman–Crippen LogP) is 2.75. The fourth-order valence-corrected chi connectivity index (χ4v) is 2.22. The fraction of sp³-hybridized carbons (Fsp3) is 0.286. The summed E-state index contributed by atoms with van der Waals surface area (Å²) in [6, 6.07) is 5.33. The highest BCUT2D eigenvalue weighted by Crippen LogP contribution is 2.27. The van der Waals surface area contributed by atoms with Crippen LogP contribution in [0.1, 0.15) is 12.5 Å². The molecule has 1 aromatic heterocycles. The van der Waals surface area contributed by atoms with E-state index in [9.17, 15) is 4.79 Å². The van der Waals surface area contributed by atoms with Crippen LogP contribution in [0.15, 0.2) is 24.4 Å². The minimum Gasteiger partial charge on any atom is -0.338 e. The number of carbonyl (C=O) groups is 1. The molecule has 1 aromatic carbocycles. The van der Waals surface area contributed by atoms with Gasteiger partial charge >= 0.3 is 6.03 Å². The molecule has 0 atom stereocenters. The highest BCUT2D eigenvalue weighted by Gasteiger charge is 2.08. The molecule has 0 radical (unpaired) electrons. The monoisotopic (exact) mass is 292 g/mol. The summed E-state index contributed by atoms with van der Waals surface area (Å²) in [6.07, 6.45) is 1.73. The maximum Gasteiger partial charge on any atom is 0.320 e. The number of halogens is 1. The molecular formula is C14H17ClN4O. The summed E-state index contributed by atoms with van der Waals surface area (Å²) in [5.41, 5.74) is 1.11. The van der Waals surface area contributed by atoms with Gasteiger partial charge in [-0.2, -0.15) is 0 Å². The van der Waals surface area contributed by atoms with Crippen molar-refractivity contribution in [2.24, 2.45) is 0 Å². The number of fused-ring (bicyclic) bond motifs is 1. The Hall–Kier alpha value is -1.85. The Kier molecular flexibility index (Phi) is 4.76. The molecule has 0 unspecified atom stereocenters. The van der Waals surface area contributed by atoms with Gasteiger partial charge in [-0.3, -0.25) is 5.32 Å². The summed E-state index contributed by atoms with van der Waals surface area (Å²) in [5, 5.41) is 10.9. The molecule has 0 bridgehead atoms. The molecule has 3 N–H and O–H groups in total. The highest BCUT2D eigenvalue weighted by molar-refractivity contribution is 6.35. The van der Waals surface area contributed by atoms with E-state index in [2.05, 4.69) is 20.9 Å². The van der Waals surface area contributed by atoms with Crippen LogP contribution in [0.2, 0.25) is 5.02 Å². The van der Waals surface area contributed by atoms with E-state index in [0.29, 0.717) is 17.4 Å². The first-order valence-corrected chi connectivity index (χ1v) is 6.80. The number of hydrogen-bond acceptors (Lipinski definition) is 3. The number of amides is 2. The topological polar surface area (TPSA) is 66.1 Å². The second-order valence-corrected chi connectivity index (χ2v) is 4.74. The van der Waals surface area contributed by atoms with E-state index in [-0.39, 0.29) is 6.03 Å². The van der Waals surface area contributed by atoms with Crippen molar-refractivity contribution in [2.45, 2.75) is 13.5 Å². The van der Waals surface area contributed by atoms with E-state index >= 15 is 0 Å². The first-order valence-electron chi connectivity index (χ1n) is 6.42. The lowest BCUT2D eigenvalue weighted by Crippen LogP contribution is -2.28. The van der Waals surface area contributed by atoms with Crippen LogP contribution in [0.25, 0.3) is 10.8 Å². The van der Waals surface area contributed by atoms with E-state index in [1.54, 1.807) is 12.3 Å². The normalized spacial score (nSPS) is 10.6. The van der Waals surface area contributed by atoms with Crippen molar-refractivity contribution in [3.8, 4) is 0 Å². The fourth-order valence-electron chi connectivity index (χ4n) is 2.00. The van der Waals surface area contributed by atoms with E-state index in [1.807, 2.05) is 26.1 Å². The van der Waals surface area contributed by atoms with E-state index in [0.717, 1.165) is 22.9 Å². The smallest absolute Gasteiger partial charge is 0.320 e. The summed E-state index contributed by atoms with van der Waals surface area (Å²) >= 11 is 6.22. The Morgan fingerprint density at radius 2 is 2.15 bits per heavy atom. The number of benzene rings is 1. The van der Waals surface area contributed by atoms with Crippen molar-refractivity contribution < 1.29 is 4.79 Å². The first kappa shape index (κ1) is 14.6. The molecular weight excluding hydrogens is 276 g/mol. The number of urea groups is 1. The molecule has 0 aliphatic carbocycles. The van der Waals surface area contributed by atoms with Gasteiger partial charge in [0.05, 0.1) is 0 Å². The van der Waals surface area contributed by atoms with Crippen LogP contribution < -0.4 is 16.0 Å². The van der Waals surface area contributed by atoms with Crippen LogP contribution in [0.4, 0.5) is 10.6 Å². The van der Waals surface area contributed by atoms with Gasteiger partial charge in [-0.1, -0.05) is 17.7 Å². The highest BCUT2D eigenvalue weighted by atomic mass is 35.5. The van der Waals surface area contributed by atoms with Crippen molar-refractivity contribution >= 4 is 34.2 Å². The number of carbonyl (C=O) groups excluding carboxylic acids is 1. The third-order valence-corrected chi connectivity index (χ3v) is 3.21. The van der Waals surface area contributed by atoms with Crippen molar-refractivity contribution in [1.29, 1.82) is 0 Å². The summed E-state index contributed by atoms with van der Waals surface area (Å²) in [5.74, 6) is 0.479. The molecule has 0 saturated heterocycles. The van der Waals surface area contributed by atoms with Crippen LogP contribution in [0.5, 0.6) is 0 Å². The van der Waals surface area contributed by atoms with Gasteiger partial charge in [0.2, 0.25) is 0 Å². The third kappa shape index (κ3) is 3.18. The Bertz CT molecular complexity index is 630. The summed E-state index contributed by atoms with van der Waals surface area (Å²) in [7, 11) is 1.89. The van der Waals surface area contributed by atoms with Crippen LogP contribution in [-0.2, 0) is 6.54 Å². The van der Waals surface area contributed by atoms with Crippen molar-refractivity contribution in [1.82, 2.24) is 15.6 Å². The van der Waals surface area contributed by atoms with E-state index in [4.69, 9.17) is 11.6 Å².